The first kappa shape index (κ1) is 16.1. The smallest absolute Gasteiger partial charge is 0.121 e. The van der Waals surface area contributed by atoms with Gasteiger partial charge in [0.2, 0.25) is 0 Å². The van der Waals surface area contributed by atoms with Gasteiger partial charge in [0, 0.05) is 18.0 Å². The maximum atomic E-state index is 6.02. The van der Waals surface area contributed by atoms with Gasteiger partial charge < -0.3 is 9.97 Å². The second-order valence-electron chi connectivity index (χ2n) is 6.54. The van der Waals surface area contributed by atoms with Crippen LogP contribution >= 0.6 is 11.6 Å². The van der Waals surface area contributed by atoms with Crippen molar-refractivity contribution in [2.75, 3.05) is 13.6 Å². The van der Waals surface area contributed by atoms with Gasteiger partial charge in [-0.2, -0.15) is 0 Å². The summed E-state index contributed by atoms with van der Waals surface area (Å²) in [5.41, 5.74) is 5.29. The molecular weight excluding hydrogens is 334 g/mol. The fourth-order valence-corrected chi connectivity index (χ4v) is 3.21. The number of likely N-dealkylation sites (N-methyl/N-ethyl adjacent to an activating group) is 1. The molecule has 2 aromatic heterocycles. The summed E-state index contributed by atoms with van der Waals surface area (Å²) in [5, 5.41) is 0.722. The van der Waals surface area contributed by atoms with Gasteiger partial charge in [0.05, 0.1) is 28.6 Å². The van der Waals surface area contributed by atoms with Crippen LogP contribution in [-0.4, -0.2) is 38.4 Å². The summed E-state index contributed by atoms with van der Waals surface area (Å²) in [5.74, 6) is 1.96. The van der Waals surface area contributed by atoms with Crippen LogP contribution in [0.1, 0.15) is 17.2 Å². The van der Waals surface area contributed by atoms with E-state index >= 15 is 0 Å². The molecule has 4 rings (SSSR count). The highest BCUT2D eigenvalue weighted by Crippen LogP contribution is 2.18. The molecule has 0 aliphatic rings. The van der Waals surface area contributed by atoms with Gasteiger partial charge in [-0.3, -0.25) is 4.90 Å². The number of hydrogen-bond acceptors (Lipinski definition) is 3. The molecule has 0 unspecified atom stereocenters. The van der Waals surface area contributed by atoms with Crippen LogP contribution in [0.2, 0.25) is 5.02 Å². The maximum Gasteiger partial charge on any atom is 0.121 e. The molecule has 5 nitrogen and oxygen atoms in total. The van der Waals surface area contributed by atoms with Crippen LogP contribution < -0.4 is 0 Å². The van der Waals surface area contributed by atoms with E-state index in [0.717, 1.165) is 58.2 Å². The predicted octanol–water partition coefficient (Wildman–Crippen LogP) is 4.08. The first-order chi connectivity index (χ1) is 12.1. The average Bonchev–Trinajstić information content (AvgIpc) is 3.14. The molecule has 0 fully saturated rings. The standard InChI is InChI=1S/C19H20ClN5/c1-12-3-5-14-16(9-12)24-19(22-14)11-25(2)8-7-18-21-15-6-4-13(20)10-17(15)23-18/h3-6,9-10H,7-8,11H2,1-2H3,(H,21,23)(H,22,24). The van der Waals surface area contributed by atoms with Crippen LogP contribution in [0.15, 0.2) is 36.4 Å². The number of rotatable bonds is 5. The van der Waals surface area contributed by atoms with Crippen molar-refractivity contribution in [3.05, 3.63) is 58.6 Å². The van der Waals surface area contributed by atoms with Gasteiger partial charge in [0.25, 0.3) is 0 Å². The minimum atomic E-state index is 0.722. The monoisotopic (exact) mass is 353 g/mol. The Hall–Kier alpha value is -2.37. The van der Waals surface area contributed by atoms with Gasteiger partial charge in [0.15, 0.2) is 0 Å². The number of imidazole rings is 2. The van der Waals surface area contributed by atoms with Crippen LogP contribution in [-0.2, 0) is 13.0 Å². The first-order valence-electron chi connectivity index (χ1n) is 8.35. The van der Waals surface area contributed by atoms with Crippen LogP contribution in [0, 0.1) is 6.92 Å². The summed E-state index contributed by atoms with van der Waals surface area (Å²) < 4.78 is 0. The zero-order valence-electron chi connectivity index (χ0n) is 14.3. The summed E-state index contributed by atoms with van der Waals surface area (Å²) in [6, 6.07) is 12.0. The Morgan fingerprint density at radius 1 is 0.960 bits per heavy atom. The van der Waals surface area contributed by atoms with Crippen LogP contribution in [0.5, 0.6) is 0 Å². The number of aryl methyl sites for hydroxylation is 1. The molecule has 0 saturated heterocycles. The summed E-state index contributed by atoms with van der Waals surface area (Å²) >= 11 is 6.02. The molecule has 4 aromatic rings. The number of nitrogens with one attached hydrogen (secondary N) is 2. The Labute approximate surface area is 151 Å². The molecule has 6 heteroatoms. The molecule has 0 aliphatic carbocycles. The van der Waals surface area contributed by atoms with Crippen molar-refractivity contribution in [1.82, 2.24) is 24.8 Å². The third kappa shape index (κ3) is 3.52. The van der Waals surface area contributed by atoms with Crippen molar-refractivity contribution >= 4 is 33.7 Å². The topological polar surface area (TPSA) is 60.6 Å². The van der Waals surface area contributed by atoms with Gasteiger partial charge in [-0.1, -0.05) is 17.7 Å². The highest BCUT2D eigenvalue weighted by molar-refractivity contribution is 6.31. The maximum absolute atomic E-state index is 6.02. The quantitative estimate of drug-likeness (QED) is 0.568. The van der Waals surface area contributed by atoms with E-state index in [4.69, 9.17) is 11.6 Å². The number of fused-ring (bicyclic) bond motifs is 2. The minimum Gasteiger partial charge on any atom is -0.342 e. The highest BCUT2D eigenvalue weighted by Gasteiger charge is 2.08. The fourth-order valence-electron chi connectivity index (χ4n) is 3.04. The molecule has 0 radical (unpaired) electrons. The molecule has 0 saturated carbocycles. The van der Waals surface area contributed by atoms with E-state index in [-0.39, 0.29) is 0 Å². The third-order valence-electron chi connectivity index (χ3n) is 4.33. The van der Waals surface area contributed by atoms with Crippen molar-refractivity contribution < 1.29 is 0 Å². The number of hydrogen-bond donors (Lipinski definition) is 2. The highest BCUT2D eigenvalue weighted by atomic mass is 35.5. The number of benzene rings is 2. The normalized spacial score (nSPS) is 11.8. The van der Waals surface area contributed by atoms with Crippen molar-refractivity contribution in [2.24, 2.45) is 0 Å². The van der Waals surface area contributed by atoms with E-state index in [1.807, 2.05) is 18.2 Å². The molecule has 2 N–H and O–H groups in total. The summed E-state index contributed by atoms with van der Waals surface area (Å²) in [4.78, 5) is 18.3. The molecule has 0 bridgehead atoms. The Bertz CT molecular complexity index is 1030. The van der Waals surface area contributed by atoms with E-state index in [0.29, 0.717) is 0 Å². The van der Waals surface area contributed by atoms with Gasteiger partial charge in [-0.15, -0.1) is 0 Å². The molecule has 25 heavy (non-hydrogen) atoms. The lowest BCUT2D eigenvalue weighted by atomic mass is 10.2. The Balaban J connectivity index is 1.41. The Kier molecular flexibility index (Phi) is 4.19. The van der Waals surface area contributed by atoms with E-state index in [9.17, 15) is 0 Å². The van der Waals surface area contributed by atoms with Crippen LogP contribution in [0.3, 0.4) is 0 Å². The number of H-pyrrole nitrogens is 2. The van der Waals surface area contributed by atoms with E-state index in [1.165, 1.54) is 5.56 Å². The molecule has 2 aromatic carbocycles. The fraction of sp³-hybridized carbons (Fsp3) is 0.263. The third-order valence-corrected chi connectivity index (χ3v) is 4.56. The summed E-state index contributed by atoms with van der Waals surface area (Å²) in [7, 11) is 2.10. The lowest BCUT2D eigenvalue weighted by molar-refractivity contribution is 0.322. The Morgan fingerprint density at radius 2 is 1.64 bits per heavy atom. The number of aromatic nitrogens is 4. The summed E-state index contributed by atoms with van der Waals surface area (Å²) in [6.07, 6.45) is 0.849. The molecule has 0 atom stereocenters. The van der Waals surface area contributed by atoms with Crippen molar-refractivity contribution in [3.8, 4) is 0 Å². The lowest BCUT2D eigenvalue weighted by Crippen LogP contribution is -2.21. The Morgan fingerprint density at radius 3 is 2.48 bits per heavy atom. The largest absolute Gasteiger partial charge is 0.342 e. The van der Waals surface area contributed by atoms with E-state index < -0.39 is 0 Å². The summed E-state index contributed by atoms with van der Waals surface area (Å²) in [6.45, 7) is 3.76. The predicted molar refractivity (Wildman–Crippen MR) is 102 cm³/mol. The van der Waals surface area contributed by atoms with Gasteiger partial charge in [0.1, 0.15) is 11.6 Å². The minimum absolute atomic E-state index is 0.722. The number of halogens is 1. The van der Waals surface area contributed by atoms with Gasteiger partial charge in [-0.25, -0.2) is 9.97 Å². The van der Waals surface area contributed by atoms with Crippen LogP contribution in [0.4, 0.5) is 0 Å². The van der Waals surface area contributed by atoms with Crippen molar-refractivity contribution in [3.63, 3.8) is 0 Å². The lowest BCUT2D eigenvalue weighted by Gasteiger charge is -2.13. The molecular formula is C19H20ClN5. The second-order valence-corrected chi connectivity index (χ2v) is 6.97. The second kappa shape index (κ2) is 6.50. The average molecular weight is 354 g/mol. The zero-order chi connectivity index (χ0) is 17.4. The molecule has 2 heterocycles. The molecule has 0 spiro atoms. The SMILES string of the molecule is Cc1ccc2nc(CN(C)CCc3nc4ccc(Cl)cc4[nH]3)[nH]c2c1. The zero-order valence-corrected chi connectivity index (χ0v) is 15.1. The van der Waals surface area contributed by atoms with Crippen LogP contribution in [0.25, 0.3) is 22.1 Å². The van der Waals surface area contributed by atoms with E-state index in [1.54, 1.807) is 0 Å². The van der Waals surface area contributed by atoms with Gasteiger partial charge >= 0.3 is 0 Å². The molecule has 0 amide bonds. The molecule has 128 valence electrons. The van der Waals surface area contributed by atoms with E-state index in [2.05, 4.69) is 57.0 Å². The van der Waals surface area contributed by atoms with Gasteiger partial charge in [-0.05, 0) is 49.9 Å². The van der Waals surface area contributed by atoms with Crippen molar-refractivity contribution in [1.29, 1.82) is 0 Å². The number of nitrogens with zero attached hydrogens (tertiary/aromatic N) is 3. The number of aromatic amines is 2. The molecule has 0 aliphatic heterocycles. The van der Waals surface area contributed by atoms with Crippen molar-refractivity contribution in [2.45, 2.75) is 19.9 Å². The first-order valence-corrected chi connectivity index (χ1v) is 8.72.